The van der Waals surface area contributed by atoms with Crippen LogP contribution in [0.5, 0.6) is 0 Å². The molecule has 1 aromatic heterocycles. The molecule has 4 rings (SSSR count). The molecule has 6 nitrogen and oxygen atoms in total. The maximum atomic E-state index is 13.3. The summed E-state index contributed by atoms with van der Waals surface area (Å²) in [5.41, 5.74) is 2.20. The summed E-state index contributed by atoms with van der Waals surface area (Å²) in [6.45, 7) is 0.355. The molecule has 2 amide bonds. The largest absolute Gasteiger partial charge is 0.334 e. The van der Waals surface area contributed by atoms with E-state index >= 15 is 0 Å². The second kappa shape index (κ2) is 9.53. The SMILES string of the molecule is O=C(NCc1cccnc1)Nc1ccc(S(=O)(=O)CC2(c3ccccc3)CCCC2)cc1. The number of anilines is 1. The maximum absolute atomic E-state index is 13.3. The van der Waals surface area contributed by atoms with Crippen molar-refractivity contribution >= 4 is 21.6 Å². The number of pyridine rings is 1. The van der Waals surface area contributed by atoms with E-state index in [9.17, 15) is 13.2 Å². The van der Waals surface area contributed by atoms with Gasteiger partial charge < -0.3 is 10.6 Å². The van der Waals surface area contributed by atoms with Gasteiger partial charge in [0.2, 0.25) is 0 Å². The number of benzene rings is 2. The summed E-state index contributed by atoms with van der Waals surface area (Å²) in [7, 11) is -3.48. The molecule has 0 spiro atoms. The van der Waals surface area contributed by atoms with Gasteiger partial charge in [-0.25, -0.2) is 13.2 Å². The first-order valence-corrected chi connectivity index (χ1v) is 12.4. The van der Waals surface area contributed by atoms with Crippen molar-refractivity contribution in [1.82, 2.24) is 10.3 Å². The van der Waals surface area contributed by atoms with Gasteiger partial charge in [0.1, 0.15) is 0 Å². The third-order valence-corrected chi connectivity index (χ3v) is 7.98. The van der Waals surface area contributed by atoms with Crippen molar-refractivity contribution in [2.45, 2.75) is 42.5 Å². The predicted octanol–water partition coefficient (Wildman–Crippen LogP) is 4.69. The van der Waals surface area contributed by atoms with E-state index in [1.165, 1.54) is 0 Å². The number of sulfone groups is 1. The molecule has 0 saturated heterocycles. The van der Waals surface area contributed by atoms with E-state index in [0.29, 0.717) is 12.2 Å². The Morgan fingerprint density at radius 2 is 1.66 bits per heavy atom. The fraction of sp³-hybridized carbons (Fsp3) is 0.280. The molecule has 3 aromatic rings. The van der Waals surface area contributed by atoms with Crippen molar-refractivity contribution in [2.75, 3.05) is 11.1 Å². The lowest BCUT2D eigenvalue weighted by Crippen LogP contribution is -2.32. The fourth-order valence-electron chi connectivity index (χ4n) is 4.41. The van der Waals surface area contributed by atoms with Crippen LogP contribution >= 0.6 is 0 Å². The van der Waals surface area contributed by atoms with Crippen LogP contribution in [0, 0.1) is 0 Å². The van der Waals surface area contributed by atoms with Crippen LogP contribution in [0.25, 0.3) is 0 Å². The maximum Gasteiger partial charge on any atom is 0.319 e. The van der Waals surface area contributed by atoms with Gasteiger partial charge in [-0.2, -0.15) is 0 Å². The number of amides is 2. The first-order chi connectivity index (χ1) is 15.5. The zero-order chi connectivity index (χ0) is 22.4. The second-order valence-electron chi connectivity index (χ2n) is 8.31. The minimum Gasteiger partial charge on any atom is -0.334 e. The minimum atomic E-state index is -3.48. The summed E-state index contributed by atoms with van der Waals surface area (Å²) in [5.74, 6) is 0.0996. The van der Waals surface area contributed by atoms with Crippen molar-refractivity contribution in [3.63, 3.8) is 0 Å². The van der Waals surface area contributed by atoms with Crippen molar-refractivity contribution in [3.8, 4) is 0 Å². The summed E-state index contributed by atoms with van der Waals surface area (Å²) in [6.07, 6.45) is 7.21. The number of nitrogens with zero attached hydrogens (tertiary/aromatic N) is 1. The smallest absolute Gasteiger partial charge is 0.319 e. The quantitative estimate of drug-likeness (QED) is 0.548. The Balaban J connectivity index is 1.42. The Hall–Kier alpha value is -3.19. The van der Waals surface area contributed by atoms with Gasteiger partial charge in [-0.15, -0.1) is 0 Å². The first-order valence-electron chi connectivity index (χ1n) is 10.8. The van der Waals surface area contributed by atoms with Crippen molar-refractivity contribution in [1.29, 1.82) is 0 Å². The average Bonchev–Trinajstić information content (AvgIpc) is 3.28. The molecular weight excluding hydrogens is 422 g/mol. The highest BCUT2D eigenvalue weighted by molar-refractivity contribution is 7.91. The van der Waals surface area contributed by atoms with E-state index in [4.69, 9.17) is 0 Å². The van der Waals surface area contributed by atoms with Crippen LogP contribution in [-0.4, -0.2) is 25.2 Å². The standard InChI is InChI=1S/C25H27N3O3S/c29-24(27-18-20-7-6-16-26-17-20)28-22-10-12-23(13-11-22)32(30,31)19-25(14-4-5-15-25)21-8-2-1-3-9-21/h1-3,6-13,16-17H,4-5,14-15,18-19H2,(H2,27,28,29). The topological polar surface area (TPSA) is 88.2 Å². The number of carbonyl (C=O) groups excluding carboxylic acids is 1. The van der Waals surface area contributed by atoms with E-state index in [1.54, 1.807) is 36.7 Å². The van der Waals surface area contributed by atoms with E-state index in [0.717, 1.165) is 36.8 Å². The van der Waals surface area contributed by atoms with Gasteiger partial charge in [0.05, 0.1) is 10.6 Å². The Morgan fingerprint density at radius 3 is 2.31 bits per heavy atom. The van der Waals surface area contributed by atoms with Gasteiger partial charge in [-0.1, -0.05) is 49.2 Å². The molecule has 1 aliphatic carbocycles. The van der Waals surface area contributed by atoms with E-state index in [2.05, 4.69) is 15.6 Å². The van der Waals surface area contributed by atoms with Gasteiger partial charge in [-0.05, 0) is 54.3 Å². The van der Waals surface area contributed by atoms with Crippen LogP contribution in [0.15, 0.2) is 84.0 Å². The van der Waals surface area contributed by atoms with E-state index in [-0.39, 0.29) is 22.1 Å². The Bertz CT molecular complexity index is 1140. The summed E-state index contributed by atoms with van der Waals surface area (Å²) in [5, 5.41) is 5.49. The van der Waals surface area contributed by atoms with Crippen LogP contribution in [0.1, 0.15) is 36.8 Å². The molecule has 1 fully saturated rings. The van der Waals surface area contributed by atoms with Gasteiger partial charge in [-0.3, -0.25) is 4.98 Å². The third kappa shape index (κ3) is 5.16. The molecule has 0 atom stereocenters. The number of urea groups is 1. The van der Waals surface area contributed by atoms with Crippen molar-refractivity contribution in [2.24, 2.45) is 0 Å². The summed E-state index contributed by atoms with van der Waals surface area (Å²) in [6, 6.07) is 19.7. The summed E-state index contributed by atoms with van der Waals surface area (Å²) >= 11 is 0. The molecular formula is C25H27N3O3S. The molecule has 32 heavy (non-hydrogen) atoms. The molecule has 2 aromatic carbocycles. The normalized spacial score (nSPS) is 15.2. The number of hydrogen-bond acceptors (Lipinski definition) is 4. The second-order valence-corrected chi connectivity index (χ2v) is 10.3. The van der Waals surface area contributed by atoms with Crippen molar-refractivity contribution < 1.29 is 13.2 Å². The van der Waals surface area contributed by atoms with Crippen LogP contribution in [0.2, 0.25) is 0 Å². The van der Waals surface area contributed by atoms with Gasteiger partial charge >= 0.3 is 6.03 Å². The van der Waals surface area contributed by atoms with Crippen LogP contribution in [0.4, 0.5) is 10.5 Å². The zero-order valence-corrected chi connectivity index (χ0v) is 18.6. The molecule has 2 N–H and O–H groups in total. The zero-order valence-electron chi connectivity index (χ0n) is 17.8. The number of aromatic nitrogens is 1. The molecule has 0 radical (unpaired) electrons. The predicted molar refractivity (Wildman–Crippen MR) is 125 cm³/mol. The minimum absolute atomic E-state index is 0.0996. The number of hydrogen-bond donors (Lipinski definition) is 2. The number of rotatable bonds is 7. The highest BCUT2D eigenvalue weighted by Crippen LogP contribution is 2.43. The monoisotopic (exact) mass is 449 g/mol. The van der Waals surface area contributed by atoms with Gasteiger partial charge in [0.15, 0.2) is 9.84 Å². The van der Waals surface area contributed by atoms with E-state index in [1.807, 2.05) is 42.5 Å². The summed E-state index contributed by atoms with van der Waals surface area (Å²) < 4.78 is 26.5. The lowest BCUT2D eigenvalue weighted by Gasteiger charge is -2.29. The number of nitrogens with one attached hydrogen (secondary N) is 2. The third-order valence-electron chi connectivity index (χ3n) is 6.06. The molecule has 0 unspecified atom stereocenters. The molecule has 1 aliphatic rings. The van der Waals surface area contributed by atoms with Gasteiger partial charge in [0, 0.05) is 30.0 Å². The Labute approximate surface area is 189 Å². The fourth-order valence-corrected chi connectivity index (χ4v) is 6.31. The highest BCUT2D eigenvalue weighted by atomic mass is 32.2. The van der Waals surface area contributed by atoms with Crippen LogP contribution in [0.3, 0.4) is 0 Å². The van der Waals surface area contributed by atoms with Gasteiger partial charge in [0.25, 0.3) is 0 Å². The Morgan fingerprint density at radius 1 is 0.938 bits per heavy atom. The lowest BCUT2D eigenvalue weighted by atomic mass is 9.81. The molecule has 166 valence electrons. The highest BCUT2D eigenvalue weighted by Gasteiger charge is 2.40. The van der Waals surface area contributed by atoms with Crippen LogP contribution in [-0.2, 0) is 21.8 Å². The molecule has 1 heterocycles. The molecule has 0 aliphatic heterocycles. The Kier molecular flexibility index (Phi) is 6.55. The summed E-state index contributed by atoms with van der Waals surface area (Å²) in [4.78, 5) is 16.4. The first kappa shape index (κ1) is 22.0. The van der Waals surface area contributed by atoms with Crippen LogP contribution < -0.4 is 10.6 Å². The van der Waals surface area contributed by atoms with Crippen molar-refractivity contribution in [3.05, 3.63) is 90.3 Å². The lowest BCUT2D eigenvalue weighted by molar-refractivity contribution is 0.251. The molecule has 1 saturated carbocycles. The molecule has 0 bridgehead atoms. The number of carbonyl (C=O) groups is 1. The van der Waals surface area contributed by atoms with E-state index < -0.39 is 9.84 Å². The average molecular weight is 450 g/mol. The molecule has 7 heteroatoms.